The Kier molecular flexibility index (Phi) is 5.84. The third-order valence-corrected chi connectivity index (χ3v) is 5.56. The predicted molar refractivity (Wildman–Crippen MR) is 123 cm³/mol. The Bertz CT molecular complexity index is 1160. The molecule has 0 bridgehead atoms. The van der Waals surface area contributed by atoms with Crippen molar-refractivity contribution in [2.75, 3.05) is 31.2 Å². The van der Waals surface area contributed by atoms with E-state index in [1.165, 1.54) is 12.1 Å². The Balaban J connectivity index is 1.83. The number of amides is 1. The van der Waals surface area contributed by atoms with Crippen LogP contribution in [-0.2, 0) is 0 Å². The number of hydrogen-bond donors (Lipinski definition) is 2. The molecule has 32 heavy (non-hydrogen) atoms. The summed E-state index contributed by atoms with van der Waals surface area (Å²) in [6.45, 7) is 7.35. The van der Waals surface area contributed by atoms with E-state index in [9.17, 15) is 9.18 Å². The number of rotatable bonds is 5. The number of hydrazine groups is 1. The molecule has 0 spiro atoms. The number of anilines is 3. The molecule has 0 aliphatic carbocycles. The monoisotopic (exact) mass is 437 g/mol. The molecule has 4 rings (SSSR count). The normalized spacial score (nSPS) is 14.4. The Labute approximate surface area is 186 Å². The molecule has 3 heterocycles. The van der Waals surface area contributed by atoms with Gasteiger partial charge in [0.15, 0.2) is 0 Å². The van der Waals surface area contributed by atoms with E-state index >= 15 is 0 Å². The Morgan fingerprint density at radius 2 is 2.00 bits per heavy atom. The van der Waals surface area contributed by atoms with Gasteiger partial charge in [0.25, 0.3) is 5.91 Å². The number of nitrogens with zero attached hydrogens (tertiary/aromatic N) is 5. The maximum atomic E-state index is 14.2. The second-order valence-corrected chi connectivity index (χ2v) is 8.31. The van der Waals surface area contributed by atoms with Gasteiger partial charge >= 0.3 is 0 Å². The van der Waals surface area contributed by atoms with E-state index in [-0.39, 0.29) is 17.5 Å². The minimum Gasteiger partial charge on any atom is -0.398 e. The topological polar surface area (TPSA) is 92.3 Å². The van der Waals surface area contributed by atoms with Crippen LogP contribution in [0.3, 0.4) is 0 Å². The van der Waals surface area contributed by atoms with Gasteiger partial charge < -0.3 is 11.1 Å². The van der Waals surface area contributed by atoms with Crippen LogP contribution in [0, 0.1) is 12.7 Å². The van der Waals surface area contributed by atoms with E-state index in [4.69, 9.17) is 5.73 Å². The largest absolute Gasteiger partial charge is 0.398 e. The van der Waals surface area contributed by atoms with Gasteiger partial charge in [-0.25, -0.2) is 19.1 Å². The van der Waals surface area contributed by atoms with Crippen LogP contribution in [-0.4, -0.2) is 50.8 Å². The highest BCUT2D eigenvalue weighted by molar-refractivity contribution is 6.04. The Morgan fingerprint density at radius 1 is 1.22 bits per heavy atom. The molecule has 8 nitrogen and oxygen atoms in total. The zero-order valence-electron chi connectivity index (χ0n) is 18.8. The maximum absolute atomic E-state index is 14.2. The molecule has 1 amide bonds. The van der Waals surface area contributed by atoms with Crippen LogP contribution >= 0.6 is 0 Å². The summed E-state index contributed by atoms with van der Waals surface area (Å²) in [5.41, 5.74) is 8.98. The second-order valence-electron chi connectivity index (χ2n) is 8.31. The SMILES string of the molecule is Cc1cc(Nc2nccc(N)c2-c2ccc(F)cc2C(=O)N2CCCN2C)n(C(C)C)n1. The van der Waals surface area contributed by atoms with Crippen molar-refractivity contribution >= 4 is 23.2 Å². The molecule has 2 aromatic heterocycles. The summed E-state index contributed by atoms with van der Waals surface area (Å²) in [5.74, 6) is 0.481. The number of pyridine rings is 1. The average Bonchev–Trinajstić information content (AvgIpc) is 3.33. The molecule has 1 fully saturated rings. The Hall–Kier alpha value is -3.46. The van der Waals surface area contributed by atoms with Crippen molar-refractivity contribution < 1.29 is 9.18 Å². The molecule has 9 heteroatoms. The molecule has 1 saturated heterocycles. The molecule has 3 aromatic rings. The number of aromatic nitrogens is 3. The third-order valence-electron chi connectivity index (χ3n) is 5.56. The smallest absolute Gasteiger partial charge is 0.268 e. The highest BCUT2D eigenvalue weighted by Gasteiger charge is 2.28. The standard InChI is InChI=1S/C23H28FN7O/c1-14(2)31-20(12-15(3)28-31)27-22-21(19(25)8-9-26-22)17-7-6-16(24)13-18(17)23(32)30-11-5-10-29(30)4/h6-9,12-14H,5,10-11H2,1-4H3,(H3,25,26,27). The molecule has 1 aliphatic rings. The summed E-state index contributed by atoms with van der Waals surface area (Å²) in [7, 11) is 1.85. The number of carbonyl (C=O) groups is 1. The lowest BCUT2D eigenvalue weighted by Gasteiger charge is -2.25. The summed E-state index contributed by atoms with van der Waals surface area (Å²) in [5, 5.41) is 11.3. The van der Waals surface area contributed by atoms with E-state index < -0.39 is 5.82 Å². The zero-order chi connectivity index (χ0) is 23.0. The number of nitrogens with one attached hydrogen (secondary N) is 1. The molecule has 0 unspecified atom stereocenters. The van der Waals surface area contributed by atoms with Gasteiger partial charge in [-0.1, -0.05) is 6.07 Å². The van der Waals surface area contributed by atoms with Crippen molar-refractivity contribution in [3.63, 3.8) is 0 Å². The number of nitrogens with two attached hydrogens (primary N) is 1. The number of nitrogen functional groups attached to an aromatic ring is 1. The van der Waals surface area contributed by atoms with Gasteiger partial charge in [0.05, 0.1) is 11.3 Å². The lowest BCUT2D eigenvalue weighted by atomic mass is 9.97. The average molecular weight is 438 g/mol. The lowest BCUT2D eigenvalue weighted by Crippen LogP contribution is -2.38. The minimum atomic E-state index is -0.482. The third kappa shape index (κ3) is 4.03. The summed E-state index contributed by atoms with van der Waals surface area (Å²) in [6.07, 6.45) is 2.47. The van der Waals surface area contributed by atoms with Gasteiger partial charge in [0, 0.05) is 55.3 Å². The van der Waals surface area contributed by atoms with Gasteiger partial charge in [0.2, 0.25) is 0 Å². The van der Waals surface area contributed by atoms with Gasteiger partial charge in [-0.2, -0.15) is 5.10 Å². The summed E-state index contributed by atoms with van der Waals surface area (Å²) in [6, 6.07) is 7.91. The predicted octanol–water partition coefficient (Wildman–Crippen LogP) is 3.99. The van der Waals surface area contributed by atoms with Crippen LogP contribution in [0.1, 0.15) is 42.4 Å². The fraction of sp³-hybridized carbons (Fsp3) is 0.348. The van der Waals surface area contributed by atoms with Crippen molar-refractivity contribution in [3.8, 4) is 11.1 Å². The second kappa shape index (κ2) is 8.58. The van der Waals surface area contributed by atoms with Crippen molar-refractivity contribution in [3.05, 3.63) is 53.6 Å². The van der Waals surface area contributed by atoms with Crippen LogP contribution in [0.15, 0.2) is 36.5 Å². The number of halogens is 1. The minimum absolute atomic E-state index is 0.129. The van der Waals surface area contributed by atoms with Crippen molar-refractivity contribution in [2.45, 2.75) is 33.2 Å². The number of carbonyl (C=O) groups excluding carboxylic acids is 1. The molecular formula is C23H28FN7O. The molecule has 0 saturated carbocycles. The summed E-state index contributed by atoms with van der Waals surface area (Å²) < 4.78 is 16.1. The van der Waals surface area contributed by atoms with Gasteiger partial charge in [0.1, 0.15) is 17.5 Å². The quantitative estimate of drug-likeness (QED) is 0.627. The van der Waals surface area contributed by atoms with E-state index in [1.54, 1.807) is 23.3 Å². The van der Waals surface area contributed by atoms with Gasteiger partial charge in [-0.3, -0.25) is 9.80 Å². The molecule has 0 atom stereocenters. The highest BCUT2D eigenvalue weighted by Crippen LogP contribution is 2.37. The molecule has 1 aromatic carbocycles. The first-order valence-corrected chi connectivity index (χ1v) is 10.7. The number of benzene rings is 1. The fourth-order valence-electron chi connectivity index (χ4n) is 4.03. The van der Waals surface area contributed by atoms with E-state index in [1.807, 2.05) is 43.6 Å². The van der Waals surface area contributed by atoms with Crippen LogP contribution in [0.4, 0.5) is 21.7 Å². The lowest BCUT2D eigenvalue weighted by molar-refractivity contribution is 0.0341. The summed E-state index contributed by atoms with van der Waals surface area (Å²) >= 11 is 0. The molecule has 3 N–H and O–H groups in total. The van der Waals surface area contributed by atoms with Crippen LogP contribution in [0.25, 0.3) is 11.1 Å². The first kappa shape index (κ1) is 21.8. The van der Waals surface area contributed by atoms with Gasteiger partial charge in [-0.15, -0.1) is 0 Å². The zero-order valence-corrected chi connectivity index (χ0v) is 18.8. The summed E-state index contributed by atoms with van der Waals surface area (Å²) in [4.78, 5) is 17.8. The van der Waals surface area contributed by atoms with Crippen molar-refractivity contribution in [1.29, 1.82) is 0 Å². The maximum Gasteiger partial charge on any atom is 0.268 e. The molecule has 0 radical (unpaired) electrons. The highest BCUT2D eigenvalue weighted by atomic mass is 19.1. The van der Waals surface area contributed by atoms with E-state index in [0.717, 1.165) is 24.5 Å². The Morgan fingerprint density at radius 3 is 2.69 bits per heavy atom. The van der Waals surface area contributed by atoms with Crippen LogP contribution in [0.2, 0.25) is 0 Å². The fourth-order valence-corrected chi connectivity index (χ4v) is 4.03. The number of aryl methyl sites for hydroxylation is 1. The molecular weight excluding hydrogens is 409 g/mol. The number of hydrogen-bond acceptors (Lipinski definition) is 6. The van der Waals surface area contributed by atoms with Crippen LogP contribution in [0.5, 0.6) is 0 Å². The first-order chi connectivity index (χ1) is 15.3. The van der Waals surface area contributed by atoms with E-state index in [2.05, 4.69) is 15.4 Å². The first-order valence-electron chi connectivity index (χ1n) is 10.7. The van der Waals surface area contributed by atoms with Crippen molar-refractivity contribution in [1.82, 2.24) is 24.8 Å². The molecule has 168 valence electrons. The van der Waals surface area contributed by atoms with Crippen molar-refractivity contribution in [2.24, 2.45) is 0 Å². The van der Waals surface area contributed by atoms with E-state index in [0.29, 0.717) is 29.2 Å². The van der Waals surface area contributed by atoms with Crippen LogP contribution < -0.4 is 11.1 Å². The van der Waals surface area contributed by atoms with Gasteiger partial charge in [-0.05, 0) is 45.4 Å². The molecule has 1 aliphatic heterocycles.